The smallest absolute Gasteiger partial charge is 0.247 e. The number of benzene rings is 1. The number of aliphatic hydroxyl groups excluding tert-OH is 1. The van der Waals surface area contributed by atoms with Gasteiger partial charge < -0.3 is 19.8 Å². The fourth-order valence-electron chi connectivity index (χ4n) is 6.32. The fourth-order valence-corrected chi connectivity index (χ4v) is 8.66. The van der Waals surface area contributed by atoms with Crippen molar-refractivity contribution in [1.29, 1.82) is 0 Å². The van der Waals surface area contributed by atoms with Crippen molar-refractivity contribution in [1.82, 2.24) is 14.7 Å². The van der Waals surface area contributed by atoms with E-state index < -0.39 is 27.4 Å². The Balaban J connectivity index is 1.73. The summed E-state index contributed by atoms with van der Waals surface area (Å²) < 4.78 is -1.11. The molecular formula is C27H35N3O4S. The number of carbonyl (C=O) groups excluding carboxylic acids is 3. The molecule has 3 fully saturated rings. The first-order valence-corrected chi connectivity index (χ1v) is 13.0. The lowest BCUT2D eigenvalue weighted by Gasteiger charge is -2.37. The minimum atomic E-state index is -0.731. The number of rotatable bonds is 10. The summed E-state index contributed by atoms with van der Waals surface area (Å²) in [5, 5.41) is 9.81. The molecule has 188 valence electrons. The summed E-state index contributed by atoms with van der Waals surface area (Å²) in [7, 11) is 1.73. The van der Waals surface area contributed by atoms with Gasteiger partial charge in [0, 0.05) is 38.0 Å². The molecule has 3 aliphatic rings. The van der Waals surface area contributed by atoms with Crippen LogP contribution in [0.4, 0.5) is 0 Å². The molecule has 0 aromatic heterocycles. The van der Waals surface area contributed by atoms with Crippen molar-refractivity contribution in [2.24, 2.45) is 11.8 Å². The van der Waals surface area contributed by atoms with Gasteiger partial charge >= 0.3 is 0 Å². The van der Waals surface area contributed by atoms with Crippen molar-refractivity contribution in [2.75, 3.05) is 33.3 Å². The van der Waals surface area contributed by atoms with Gasteiger partial charge in [-0.05, 0) is 25.3 Å². The summed E-state index contributed by atoms with van der Waals surface area (Å²) in [6.07, 6.45) is 4.82. The molecule has 3 aliphatic heterocycles. The molecule has 2 unspecified atom stereocenters. The topological polar surface area (TPSA) is 81.2 Å². The Labute approximate surface area is 211 Å². The van der Waals surface area contributed by atoms with E-state index >= 15 is 0 Å². The Morgan fingerprint density at radius 1 is 1.17 bits per heavy atom. The van der Waals surface area contributed by atoms with E-state index in [0.717, 1.165) is 12.0 Å². The molecule has 3 heterocycles. The summed E-state index contributed by atoms with van der Waals surface area (Å²) >= 11 is 1.64. The van der Waals surface area contributed by atoms with Gasteiger partial charge in [-0.15, -0.1) is 24.9 Å². The Hall–Kier alpha value is -2.58. The zero-order chi connectivity index (χ0) is 25.4. The first kappa shape index (κ1) is 25.5. The number of nitrogens with zero attached hydrogens (tertiary/aromatic N) is 3. The van der Waals surface area contributed by atoms with E-state index in [9.17, 15) is 19.5 Å². The molecule has 8 heteroatoms. The average Bonchev–Trinajstić information content (AvgIpc) is 3.40. The number of thioether (sulfide) groups is 1. The highest BCUT2D eigenvalue weighted by Gasteiger charge is 2.77. The molecule has 7 nitrogen and oxygen atoms in total. The minimum Gasteiger partial charge on any atom is -0.395 e. The summed E-state index contributed by atoms with van der Waals surface area (Å²) in [5.74, 6) is -1.53. The number of hydrogen-bond donors (Lipinski definition) is 1. The third-order valence-corrected chi connectivity index (χ3v) is 9.76. The largest absolute Gasteiger partial charge is 0.395 e. The number of amides is 3. The molecular weight excluding hydrogens is 462 g/mol. The van der Waals surface area contributed by atoms with Gasteiger partial charge in [-0.25, -0.2) is 0 Å². The summed E-state index contributed by atoms with van der Waals surface area (Å²) in [6.45, 7) is 10.6. The quantitative estimate of drug-likeness (QED) is 0.502. The average molecular weight is 498 g/mol. The highest BCUT2D eigenvalue weighted by atomic mass is 32.2. The van der Waals surface area contributed by atoms with Gasteiger partial charge in [0.1, 0.15) is 6.04 Å². The predicted octanol–water partition coefficient (Wildman–Crippen LogP) is 2.32. The Morgan fingerprint density at radius 3 is 2.49 bits per heavy atom. The molecule has 1 aromatic rings. The van der Waals surface area contributed by atoms with E-state index in [2.05, 4.69) is 20.1 Å². The molecule has 1 spiro atoms. The monoisotopic (exact) mass is 497 g/mol. The van der Waals surface area contributed by atoms with Gasteiger partial charge in [0.15, 0.2) is 0 Å². The maximum atomic E-state index is 14.2. The first-order valence-electron chi connectivity index (χ1n) is 12.1. The van der Waals surface area contributed by atoms with Crippen LogP contribution in [0, 0.1) is 11.8 Å². The van der Waals surface area contributed by atoms with Crippen LogP contribution in [0.5, 0.6) is 0 Å². The van der Waals surface area contributed by atoms with Crippen LogP contribution in [0.25, 0.3) is 0 Å². The molecule has 35 heavy (non-hydrogen) atoms. The van der Waals surface area contributed by atoms with Gasteiger partial charge in [0.2, 0.25) is 17.7 Å². The molecule has 0 radical (unpaired) electrons. The van der Waals surface area contributed by atoms with Crippen LogP contribution in [0.15, 0.2) is 55.6 Å². The van der Waals surface area contributed by atoms with Crippen LogP contribution in [0.1, 0.15) is 25.3 Å². The van der Waals surface area contributed by atoms with E-state index in [4.69, 9.17) is 0 Å². The number of fused-ring (bicyclic) bond motifs is 1. The molecule has 1 aromatic carbocycles. The molecule has 1 N–H and O–H groups in total. The number of carbonyl (C=O) groups is 3. The maximum Gasteiger partial charge on any atom is 0.247 e. The van der Waals surface area contributed by atoms with Crippen LogP contribution in [-0.4, -0.2) is 86.4 Å². The summed E-state index contributed by atoms with van der Waals surface area (Å²) in [4.78, 5) is 46.5. The van der Waals surface area contributed by atoms with E-state index in [1.807, 2.05) is 30.3 Å². The Kier molecular flexibility index (Phi) is 7.16. The SMILES string of the molecule is C=CCN(C)C(=O)[C@@H]1[C@H]2C(=O)N(CCO)C(C(=O)N(CC=C)Cc3ccccc3)C23CC[C@@]1(C)S3. The number of likely N-dealkylation sites (tertiary alicyclic amines) is 1. The molecule has 3 amide bonds. The van der Waals surface area contributed by atoms with Crippen molar-refractivity contribution >= 4 is 29.5 Å². The fraction of sp³-hybridized carbons (Fsp3) is 0.519. The third-order valence-electron chi connectivity index (χ3n) is 7.77. The minimum absolute atomic E-state index is 0.0709. The Bertz CT molecular complexity index is 1020. The maximum absolute atomic E-state index is 14.2. The van der Waals surface area contributed by atoms with Gasteiger partial charge in [-0.1, -0.05) is 42.5 Å². The number of likely N-dealkylation sites (N-methyl/N-ethyl adjacent to an activating group) is 1. The molecule has 5 atom stereocenters. The van der Waals surface area contributed by atoms with E-state index in [1.165, 1.54) is 0 Å². The zero-order valence-corrected chi connectivity index (χ0v) is 21.4. The Morgan fingerprint density at radius 2 is 1.86 bits per heavy atom. The van der Waals surface area contributed by atoms with Crippen LogP contribution in [0.2, 0.25) is 0 Å². The van der Waals surface area contributed by atoms with Crippen LogP contribution in [0.3, 0.4) is 0 Å². The number of β-amino-alcohol motifs (C(OH)–C–C–N with tert-alkyl or cyclic N) is 1. The zero-order valence-electron chi connectivity index (χ0n) is 20.6. The number of hydrogen-bond acceptors (Lipinski definition) is 5. The molecule has 0 aliphatic carbocycles. The van der Waals surface area contributed by atoms with Gasteiger partial charge in [-0.3, -0.25) is 14.4 Å². The van der Waals surface area contributed by atoms with Crippen molar-refractivity contribution in [3.05, 3.63) is 61.2 Å². The van der Waals surface area contributed by atoms with Crippen LogP contribution < -0.4 is 0 Å². The lowest BCUT2D eigenvalue weighted by Crippen LogP contribution is -2.55. The standard InChI is InChI=1S/C27H35N3O4S/c1-5-14-28(4)23(32)20-21-24(33)30(16-17-31)22(27(21)13-12-26(20,3)35-27)25(34)29(15-6-2)18-19-10-8-7-9-11-19/h5-11,20-22,31H,1-2,12-18H2,3-4H3/t20-,21-,22?,26+,27?/m0/s1. The molecule has 4 rings (SSSR count). The predicted molar refractivity (Wildman–Crippen MR) is 137 cm³/mol. The molecule has 3 saturated heterocycles. The third kappa shape index (κ3) is 4.10. The van der Waals surface area contributed by atoms with Gasteiger partial charge in [0.05, 0.1) is 23.2 Å². The summed E-state index contributed by atoms with van der Waals surface area (Å²) in [5.41, 5.74) is 0.990. The highest BCUT2D eigenvalue weighted by Crippen LogP contribution is 2.71. The molecule has 0 saturated carbocycles. The lowest BCUT2D eigenvalue weighted by atomic mass is 9.66. The summed E-state index contributed by atoms with van der Waals surface area (Å²) in [6, 6.07) is 9.00. The van der Waals surface area contributed by atoms with Crippen molar-refractivity contribution < 1.29 is 19.5 Å². The van der Waals surface area contributed by atoms with Gasteiger partial charge in [0.25, 0.3) is 0 Å². The lowest BCUT2D eigenvalue weighted by molar-refractivity contribution is -0.145. The van der Waals surface area contributed by atoms with Crippen molar-refractivity contribution in [3.8, 4) is 0 Å². The first-order chi connectivity index (χ1) is 16.7. The van der Waals surface area contributed by atoms with Crippen LogP contribution in [-0.2, 0) is 20.9 Å². The second kappa shape index (κ2) is 9.82. The van der Waals surface area contributed by atoms with Crippen molar-refractivity contribution in [3.63, 3.8) is 0 Å². The highest BCUT2D eigenvalue weighted by molar-refractivity contribution is 8.02. The second-order valence-corrected chi connectivity index (χ2v) is 11.9. The van der Waals surface area contributed by atoms with E-state index in [-0.39, 0.29) is 30.9 Å². The normalized spacial score (nSPS) is 30.8. The molecule has 2 bridgehead atoms. The van der Waals surface area contributed by atoms with E-state index in [1.54, 1.807) is 45.7 Å². The number of aliphatic hydroxyl groups is 1. The van der Waals surface area contributed by atoms with Crippen LogP contribution >= 0.6 is 11.8 Å². The second-order valence-electron chi connectivity index (χ2n) is 9.98. The van der Waals surface area contributed by atoms with E-state index in [0.29, 0.717) is 26.1 Å². The van der Waals surface area contributed by atoms with Crippen molar-refractivity contribution in [2.45, 2.75) is 41.8 Å². The van der Waals surface area contributed by atoms with Gasteiger partial charge in [-0.2, -0.15) is 0 Å².